The van der Waals surface area contributed by atoms with Crippen molar-refractivity contribution in [1.29, 1.82) is 0 Å². The van der Waals surface area contributed by atoms with Crippen molar-refractivity contribution in [2.45, 2.75) is 218 Å². The second-order valence-corrected chi connectivity index (χ2v) is 40.1. The van der Waals surface area contributed by atoms with Crippen molar-refractivity contribution >= 4 is 109 Å². The lowest BCUT2D eigenvalue weighted by Crippen LogP contribution is -2.51. The number of halogens is 1. The largest absolute Gasteiger partial charge is 0.453 e. The molecule has 0 bridgehead atoms. The number of aryl methyl sites for hydroxylation is 2. The lowest BCUT2D eigenvalue weighted by atomic mass is 9.78. The molecule has 10 aromatic rings. The van der Waals surface area contributed by atoms with Crippen molar-refractivity contribution in [3.63, 3.8) is 0 Å². The summed E-state index contributed by atoms with van der Waals surface area (Å²) in [4.78, 5) is 147. The van der Waals surface area contributed by atoms with Crippen molar-refractivity contribution in [3.8, 4) is 44.8 Å². The van der Waals surface area contributed by atoms with E-state index < -0.39 is 48.0 Å². The van der Waals surface area contributed by atoms with E-state index in [0.717, 1.165) is 207 Å². The van der Waals surface area contributed by atoms with Crippen LogP contribution in [0.3, 0.4) is 0 Å². The van der Waals surface area contributed by atoms with Crippen LogP contribution in [-0.2, 0) is 65.3 Å². The first-order valence-corrected chi connectivity index (χ1v) is 50.5. The molecule has 728 valence electrons. The zero-order valence-corrected chi connectivity index (χ0v) is 81.6. The molecule has 0 radical (unpaired) electrons. The number of allylic oxidation sites excluding steroid dienone is 4. The minimum Gasteiger partial charge on any atom is -0.453 e. The van der Waals surface area contributed by atoms with Crippen LogP contribution in [0.4, 0.5) is 14.4 Å². The van der Waals surface area contributed by atoms with Gasteiger partial charge in [0.15, 0.2) is 11.6 Å². The van der Waals surface area contributed by atoms with E-state index in [1.54, 1.807) is 6.92 Å². The third kappa shape index (κ3) is 21.6. The Bertz CT molecular complexity index is 6480. The van der Waals surface area contributed by atoms with Gasteiger partial charge in [0.25, 0.3) is 11.8 Å². The number of nitrogens with one attached hydrogen (secondary N) is 6. The summed E-state index contributed by atoms with van der Waals surface area (Å²) >= 11 is 4.82. The first-order chi connectivity index (χ1) is 67.9. The summed E-state index contributed by atoms with van der Waals surface area (Å²) < 4.78 is 26.6. The molecule has 6 aliphatic heterocycles. The molecule has 27 heteroatoms. The van der Waals surface area contributed by atoms with E-state index >= 15 is 0 Å². The molecule has 2 aromatic heterocycles. The Morgan fingerprint density at radius 1 is 0.450 bits per heavy atom. The monoisotopic (exact) mass is 1910 g/mol. The number of aromatic amines is 2. The van der Waals surface area contributed by atoms with Gasteiger partial charge in [-0.05, 0) is 260 Å². The number of nitrogens with zero attached hydrogens (tertiary/aromatic N) is 6. The predicted molar refractivity (Wildman–Crippen MR) is 541 cm³/mol. The predicted octanol–water partition coefficient (Wildman–Crippen LogP) is 21.1. The maximum absolute atomic E-state index is 14.5. The second-order valence-electron chi connectivity index (χ2n) is 39.6. The van der Waals surface area contributed by atoms with Gasteiger partial charge in [0.1, 0.15) is 29.3 Å². The molecule has 2 saturated carbocycles. The van der Waals surface area contributed by atoms with Gasteiger partial charge in [-0.1, -0.05) is 172 Å². The fourth-order valence-corrected chi connectivity index (χ4v) is 22.7. The molecular weight excluding hydrogens is 1780 g/mol. The number of carbonyl (C=O) groups is 9. The lowest BCUT2D eigenvalue weighted by Gasteiger charge is -2.33. The highest BCUT2D eigenvalue weighted by molar-refractivity contribution is 6.63. The van der Waals surface area contributed by atoms with Crippen molar-refractivity contribution < 1.29 is 66.8 Å². The van der Waals surface area contributed by atoms with Crippen LogP contribution in [0.5, 0.6) is 0 Å². The zero-order chi connectivity index (χ0) is 97.4. The van der Waals surface area contributed by atoms with Crippen LogP contribution in [0.1, 0.15) is 232 Å². The van der Waals surface area contributed by atoms with Gasteiger partial charge in [0, 0.05) is 123 Å². The van der Waals surface area contributed by atoms with Crippen LogP contribution < -0.4 is 21.3 Å². The first kappa shape index (κ1) is 97.2. The van der Waals surface area contributed by atoms with Crippen molar-refractivity contribution in [3.05, 3.63) is 239 Å². The van der Waals surface area contributed by atoms with Gasteiger partial charge in [0.2, 0.25) is 11.1 Å². The van der Waals surface area contributed by atoms with E-state index in [2.05, 4.69) is 140 Å². The van der Waals surface area contributed by atoms with Gasteiger partial charge in [-0.15, -0.1) is 0 Å². The summed E-state index contributed by atoms with van der Waals surface area (Å²) in [5, 5.41) is 15.8. The smallest absolute Gasteiger partial charge is 0.408 e. The number of ketones is 2. The number of likely N-dealkylation sites (tertiary alicyclic amines) is 2. The highest BCUT2D eigenvalue weighted by atomic mass is 35.5. The molecule has 0 spiro atoms. The molecule has 10 aliphatic rings. The molecule has 8 heterocycles. The molecule has 4 saturated heterocycles. The fraction of sp³-hybridized carbons (Fsp3) is 0.425. The summed E-state index contributed by atoms with van der Waals surface area (Å²) in [6.45, 7) is 12.6. The number of imidazole rings is 2. The van der Waals surface area contributed by atoms with Gasteiger partial charge < -0.3 is 64.7 Å². The Balaban J connectivity index is 0.000000177. The maximum Gasteiger partial charge on any atom is 0.408 e. The van der Waals surface area contributed by atoms with Crippen LogP contribution in [0, 0.1) is 35.5 Å². The Kier molecular flexibility index (Phi) is 30.1. The minimum absolute atomic E-state index is 0.0175. The summed E-state index contributed by atoms with van der Waals surface area (Å²) in [5.41, 5.74) is 21.5. The standard InChI is InChI=1S/C56H62N6O7.C54H58N6O6.C3H5ClO/c1-56(2,3)69-55(66)60-49(34-23-26-68-27-24-34)51(63)43-13-8-12-42(43)46-31-44-41-21-19-38(29-39(41)20-22-45(44)58-46)35-15-16-37-30-40(18-17-36(37)28-35)47-32-57-52(59-47)48-14-9-25-62(48)53(64)50(61-54(65)67-4)33-10-6-5-7-11-33;1-3-48(61)58-49(33-22-25-66-26-23-33)51(62)42-12-7-11-41(42)45-30-43-40-20-18-37(28-38(40)19-21-44(43)56-45)34-14-15-36-29-39(17-16-35(36)27-34)46-31-55-52(57-46)47-13-8-24-60(47)53(63)50(59-54(64)65-2)32-9-5-4-6-10-32;1-2-3(4)5/h5-7,10-11,15-19,21,28-30,32,34,42-43,48-50H,8-9,12-14,20,22-27,31H2,1-4H3,(H,57,59)(H,60,66)(H,61,65);4-6,9-10,14-18,20,27-29,31,33,41-42,47,49-50H,3,7-8,11-13,19,21-26,30H2,1-2H3,(H,55,57)(H,58,61)(H,59,64);2H2,1H3/t42-,43?,48+,49+,50-;41-,42?,47+,49+,50-;/m11./s1. The van der Waals surface area contributed by atoms with Crippen LogP contribution >= 0.6 is 11.6 Å². The molecule has 4 aliphatic carbocycles. The molecule has 140 heavy (non-hydrogen) atoms. The van der Waals surface area contributed by atoms with Crippen molar-refractivity contribution in [2.24, 2.45) is 45.5 Å². The number of fused-ring (bicyclic) bond motifs is 6. The number of alkyl carbamates (subject to hydrolysis) is 3. The average molecular weight is 1910 g/mol. The summed E-state index contributed by atoms with van der Waals surface area (Å²) in [6.07, 6.45) is 19.5. The molecular formula is C113H125ClN12O14. The van der Waals surface area contributed by atoms with Gasteiger partial charge in [-0.25, -0.2) is 24.4 Å². The SMILES string of the molecule is CCC(=O)Cl.CCC(=O)N[C@H](C(=O)C1CCC[C@H]1C1=NC2=C(C1)c1ccc(-c3ccc4cc(-c5cnc([C@@H]6CCCN6C(=O)[C@H](NC(=O)OC)c6ccccc6)[nH]5)ccc4c3)cc1CC2)C1CCOCC1.COC(=O)N[C@@H](C(=O)N1CCC[C@H]1c1ncc(-c2ccc3cc(-c4ccc5c(c4)CCC4=C5CC([C@@H]5CCCC5C(=O)[C@@H](NC(=O)OC(C)(C)C)C5CCOCC5)=N4)ccc3c2)[nH]1)c1ccccc1. The molecule has 26 nitrogen and oxygen atoms in total. The molecule has 6 fully saturated rings. The number of hydrogen-bond donors (Lipinski definition) is 6. The number of benzene rings is 8. The third-order valence-electron chi connectivity index (χ3n) is 29.9. The van der Waals surface area contributed by atoms with E-state index in [4.69, 9.17) is 55.2 Å². The van der Waals surface area contributed by atoms with Gasteiger partial charge in [0.05, 0.1) is 62.2 Å². The summed E-state index contributed by atoms with van der Waals surface area (Å²) in [5.74, 6) is 1.29. The fourth-order valence-electron chi connectivity index (χ4n) is 22.7. The summed E-state index contributed by atoms with van der Waals surface area (Å²) in [7, 11) is 2.58. The third-order valence-corrected chi connectivity index (χ3v) is 30.2. The normalized spacial score (nSPS) is 20.9. The van der Waals surface area contributed by atoms with Gasteiger partial charge in [-0.2, -0.15) is 0 Å². The number of aliphatic imine (C=N–C) groups is 2. The Labute approximate surface area is 821 Å². The second kappa shape index (κ2) is 43.4. The van der Waals surface area contributed by atoms with E-state index in [1.807, 2.05) is 111 Å². The number of hydrogen-bond acceptors (Lipinski definition) is 18. The minimum atomic E-state index is -0.879. The summed E-state index contributed by atoms with van der Waals surface area (Å²) in [6, 6.07) is 54.9. The Morgan fingerprint density at radius 3 is 1.24 bits per heavy atom. The molecule has 8 aromatic carbocycles. The molecule has 6 N–H and O–H groups in total. The number of methoxy groups -OCH3 is 2. The number of amides is 6. The number of rotatable bonds is 24. The van der Waals surface area contributed by atoms with Gasteiger partial charge >= 0.3 is 18.3 Å². The number of H-pyrrole nitrogens is 2. The topological polar surface area (TPSA) is 336 Å². The van der Waals surface area contributed by atoms with Gasteiger partial charge in [-0.3, -0.25) is 38.8 Å². The number of aromatic nitrogens is 4. The van der Waals surface area contributed by atoms with E-state index in [-0.39, 0.29) is 82.1 Å². The number of carbonyl (C=O) groups excluding carboxylic acids is 9. The Morgan fingerprint density at radius 2 is 0.843 bits per heavy atom. The highest BCUT2D eigenvalue weighted by Gasteiger charge is 2.48. The average Bonchev–Trinajstić information content (AvgIpc) is 1.59. The van der Waals surface area contributed by atoms with E-state index in [0.29, 0.717) is 69.3 Å². The zero-order valence-electron chi connectivity index (χ0n) is 80.8. The van der Waals surface area contributed by atoms with Crippen molar-refractivity contribution in [2.75, 3.05) is 53.7 Å². The van der Waals surface area contributed by atoms with E-state index in [9.17, 15) is 43.2 Å². The van der Waals surface area contributed by atoms with E-state index in [1.165, 1.54) is 64.4 Å². The quantitative estimate of drug-likeness (QED) is 0.0242. The van der Waals surface area contributed by atoms with Crippen LogP contribution in [0.25, 0.3) is 77.5 Å². The maximum atomic E-state index is 14.5. The molecule has 6 amide bonds. The van der Waals surface area contributed by atoms with Crippen LogP contribution in [0.15, 0.2) is 204 Å². The van der Waals surface area contributed by atoms with Crippen LogP contribution in [-0.4, -0.2) is 165 Å². The highest BCUT2D eigenvalue weighted by Crippen LogP contribution is 2.50. The number of ether oxygens (including phenoxy) is 5. The molecule has 10 atom stereocenters. The molecule has 20 rings (SSSR count). The molecule has 2 unspecified atom stereocenters. The van der Waals surface area contributed by atoms with Crippen molar-refractivity contribution in [1.82, 2.24) is 51.0 Å². The number of Topliss-reactive ketones (excluding diaryl/α,β-unsaturated/α-hetero) is 2. The first-order valence-electron chi connectivity index (χ1n) is 50.1. The Hall–Kier alpha value is -13.0. The lowest BCUT2D eigenvalue weighted by molar-refractivity contribution is -0.135. The van der Waals surface area contributed by atoms with Crippen LogP contribution in [0.2, 0.25) is 0 Å².